The Bertz CT molecular complexity index is 237. The molecule has 0 aliphatic carbocycles. The normalized spacial score (nSPS) is 12.7. The van der Waals surface area contributed by atoms with Gasteiger partial charge < -0.3 is 0 Å². The molecule has 0 N–H and O–H groups in total. The van der Waals surface area contributed by atoms with E-state index in [1.165, 1.54) is 44.1 Å². The summed E-state index contributed by atoms with van der Waals surface area (Å²) in [5.74, 6) is 0.837. The lowest BCUT2D eigenvalue weighted by atomic mass is 9.95. The molecule has 1 atom stereocenters. The molecule has 0 nitrogen and oxygen atoms in total. The predicted octanol–water partition coefficient (Wildman–Crippen LogP) is 4.84. The Labute approximate surface area is 94.7 Å². The fourth-order valence-electron chi connectivity index (χ4n) is 2.04. The maximum absolute atomic E-state index is 2.37. The van der Waals surface area contributed by atoms with Crippen molar-refractivity contribution >= 4 is 0 Å². The molecule has 1 aromatic carbocycles. The van der Waals surface area contributed by atoms with Crippen LogP contribution in [0.4, 0.5) is 0 Å². The number of rotatable bonds is 7. The van der Waals surface area contributed by atoms with Gasteiger partial charge in [0, 0.05) is 0 Å². The Hall–Kier alpha value is -0.780. The van der Waals surface area contributed by atoms with Gasteiger partial charge in [-0.3, -0.25) is 0 Å². The second-order valence-corrected chi connectivity index (χ2v) is 4.64. The van der Waals surface area contributed by atoms with Crippen LogP contribution in [0, 0.1) is 5.92 Å². The maximum Gasteiger partial charge on any atom is -0.0253 e. The first-order valence-electron chi connectivity index (χ1n) is 6.37. The van der Waals surface area contributed by atoms with Crippen LogP contribution in [0.15, 0.2) is 30.3 Å². The zero-order valence-corrected chi connectivity index (χ0v) is 10.2. The van der Waals surface area contributed by atoms with Crippen molar-refractivity contribution in [2.45, 2.75) is 52.4 Å². The van der Waals surface area contributed by atoms with Crippen LogP contribution in [0.2, 0.25) is 0 Å². The van der Waals surface area contributed by atoms with Crippen molar-refractivity contribution in [2.75, 3.05) is 0 Å². The van der Waals surface area contributed by atoms with Gasteiger partial charge in [-0.05, 0) is 17.9 Å². The summed E-state index contributed by atoms with van der Waals surface area (Å²) < 4.78 is 0. The van der Waals surface area contributed by atoms with E-state index in [2.05, 4.69) is 44.2 Å². The van der Waals surface area contributed by atoms with Crippen molar-refractivity contribution in [3.8, 4) is 0 Å². The molecule has 1 aromatic rings. The van der Waals surface area contributed by atoms with Crippen molar-refractivity contribution in [3.05, 3.63) is 35.9 Å². The third-order valence-electron chi connectivity index (χ3n) is 2.98. The molecule has 0 heteroatoms. The number of hydrogen-bond acceptors (Lipinski definition) is 0. The van der Waals surface area contributed by atoms with Crippen LogP contribution in [-0.4, -0.2) is 0 Å². The summed E-state index contributed by atoms with van der Waals surface area (Å²) in [6, 6.07) is 10.8. The molecule has 15 heavy (non-hydrogen) atoms. The third kappa shape index (κ3) is 5.61. The summed E-state index contributed by atoms with van der Waals surface area (Å²) in [7, 11) is 0. The second kappa shape index (κ2) is 7.50. The van der Waals surface area contributed by atoms with Crippen LogP contribution >= 0.6 is 0 Å². The van der Waals surface area contributed by atoms with Gasteiger partial charge in [0.25, 0.3) is 0 Å². The molecule has 84 valence electrons. The standard InChI is InChI=1S/C15H24/c1-3-4-5-7-10-14(2)13-15-11-8-6-9-12-15/h6,8-9,11-12,14H,3-5,7,10,13H2,1-2H3/t14-/m0/s1. The van der Waals surface area contributed by atoms with Crippen molar-refractivity contribution in [1.82, 2.24) is 0 Å². The molecule has 0 aliphatic heterocycles. The molecule has 0 fully saturated rings. The number of unbranched alkanes of at least 4 members (excludes halogenated alkanes) is 3. The highest BCUT2D eigenvalue weighted by molar-refractivity contribution is 5.14. The maximum atomic E-state index is 2.37. The monoisotopic (exact) mass is 204 g/mol. The van der Waals surface area contributed by atoms with Crippen LogP contribution in [0.3, 0.4) is 0 Å². The second-order valence-electron chi connectivity index (χ2n) is 4.64. The van der Waals surface area contributed by atoms with Gasteiger partial charge in [0.2, 0.25) is 0 Å². The Morgan fingerprint density at radius 2 is 1.73 bits per heavy atom. The van der Waals surface area contributed by atoms with E-state index < -0.39 is 0 Å². The Morgan fingerprint density at radius 3 is 2.40 bits per heavy atom. The topological polar surface area (TPSA) is 0 Å². The lowest BCUT2D eigenvalue weighted by Crippen LogP contribution is -1.99. The van der Waals surface area contributed by atoms with Gasteiger partial charge in [-0.2, -0.15) is 0 Å². The summed E-state index contributed by atoms with van der Waals surface area (Å²) in [4.78, 5) is 0. The van der Waals surface area contributed by atoms with Gasteiger partial charge >= 0.3 is 0 Å². The lowest BCUT2D eigenvalue weighted by molar-refractivity contribution is 0.487. The quantitative estimate of drug-likeness (QED) is 0.558. The highest BCUT2D eigenvalue weighted by Gasteiger charge is 2.02. The van der Waals surface area contributed by atoms with Crippen molar-refractivity contribution in [3.63, 3.8) is 0 Å². The van der Waals surface area contributed by atoms with Crippen molar-refractivity contribution in [1.29, 1.82) is 0 Å². The Balaban J connectivity index is 2.16. The minimum atomic E-state index is 0.837. The first kappa shape index (κ1) is 12.3. The molecule has 0 aromatic heterocycles. The molecule has 0 spiro atoms. The van der Waals surface area contributed by atoms with Crippen molar-refractivity contribution < 1.29 is 0 Å². The molecule has 0 radical (unpaired) electrons. The fraction of sp³-hybridized carbons (Fsp3) is 0.600. The molecule has 0 saturated heterocycles. The third-order valence-corrected chi connectivity index (χ3v) is 2.98. The molecule has 0 amide bonds. The predicted molar refractivity (Wildman–Crippen MR) is 68.1 cm³/mol. The van der Waals surface area contributed by atoms with Gasteiger partial charge in [0.1, 0.15) is 0 Å². The SMILES string of the molecule is CCCCCC[C@H](C)Cc1ccccc1. The van der Waals surface area contributed by atoms with Crippen LogP contribution in [0.5, 0.6) is 0 Å². The van der Waals surface area contributed by atoms with Gasteiger partial charge in [0.15, 0.2) is 0 Å². The van der Waals surface area contributed by atoms with Crippen LogP contribution < -0.4 is 0 Å². The highest BCUT2D eigenvalue weighted by Crippen LogP contribution is 2.15. The summed E-state index contributed by atoms with van der Waals surface area (Å²) >= 11 is 0. The molecular weight excluding hydrogens is 180 g/mol. The van der Waals surface area contributed by atoms with E-state index in [4.69, 9.17) is 0 Å². The molecule has 0 heterocycles. The van der Waals surface area contributed by atoms with E-state index in [1.807, 2.05) is 0 Å². The van der Waals surface area contributed by atoms with Crippen molar-refractivity contribution in [2.24, 2.45) is 5.92 Å². The summed E-state index contributed by atoms with van der Waals surface area (Å²) in [6.07, 6.45) is 8.18. The molecule has 1 rings (SSSR count). The summed E-state index contributed by atoms with van der Waals surface area (Å²) in [5.41, 5.74) is 1.49. The van der Waals surface area contributed by atoms with E-state index in [0.29, 0.717) is 0 Å². The first-order chi connectivity index (χ1) is 7.33. The minimum Gasteiger partial charge on any atom is -0.0654 e. The highest BCUT2D eigenvalue weighted by atomic mass is 14.1. The van der Waals surface area contributed by atoms with Crippen LogP contribution in [0.1, 0.15) is 51.5 Å². The Morgan fingerprint density at radius 1 is 1.00 bits per heavy atom. The van der Waals surface area contributed by atoms with E-state index in [0.717, 1.165) is 5.92 Å². The van der Waals surface area contributed by atoms with Gasteiger partial charge in [-0.25, -0.2) is 0 Å². The smallest absolute Gasteiger partial charge is 0.0253 e. The van der Waals surface area contributed by atoms with Crippen LogP contribution in [-0.2, 0) is 6.42 Å². The zero-order valence-electron chi connectivity index (χ0n) is 10.2. The van der Waals surface area contributed by atoms with Crippen LogP contribution in [0.25, 0.3) is 0 Å². The van der Waals surface area contributed by atoms with E-state index in [-0.39, 0.29) is 0 Å². The van der Waals surface area contributed by atoms with Gasteiger partial charge in [0.05, 0.1) is 0 Å². The molecule has 0 aliphatic rings. The molecule has 0 saturated carbocycles. The largest absolute Gasteiger partial charge is 0.0654 e. The van der Waals surface area contributed by atoms with Gasteiger partial charge in [-0.1, -0.05) is 76.3 Å². The van der Waals surface area contributed by atoms with E-state index >= 15 is 0 Å². The van der Waals surface area contributed by atoms with Gasteiger partial charge in [-0.15, -0.1) is 0 Å². The summed E-state index contributed by atoms with van der Waals surface area (Å²) in [6.45, 7) is 4.65. The average Bonchev–Trinajstić information content (AvgIpc) is 2.26. The average molecular weight is 204 g/mol. The Kier molecular flexibility index (Phi) is 6.15. The molecular formula is C15H24. The summed E-state index contributed by atoms with van der Waals surface area (Å²) in [5, 5.41) is 0. The molecule has 0 unspecified atom stereocenters. The van der Waals surface area contributed by atoms with E-state index in [1.54, 1.807) is 0 Å². The number of benzene rings is 1. The zero-order chi connectivity index (χ0) is 10.9. The lowest BCUT2D eigenvalue weighted by Gasteiger charge is -2.10. The first-order valence-corrected chi connectivity index (χ1v) is 6.37. The van der Waals surface area contributed by atoms with E-state index in [9.17, 15) is 0 Å². The number of hydrogen-bond donors (Lipinski definition) is 0. The fourth-order valence-corrected chi connectivity index (χ4v) is 2.04. The molecule has 0 bridgehead atoms. The minimum absolute atomic E-state index is 0.837.